The fraction of sp³-hybridized carbons (Fsp3) is 0.471. The summed E-state index contributed by atoms with van der Waals surface area (Å²) < 4.78 is 7.82. The number of ether oxygens (including phenoxy) is 1. The van der Waals surface area contributed by atoms with Crippen molar-refractivity contribution in [1.82, 2.24) is 19.9 Å². The summed E-state index contributed by atoms with van der Waals surface area (Å²) >= 11 is 0. The van der Waals surface area contributed by atoms with Crippen LogP contribution < -0.4 is 0 Å². The van der Waals surface area contributed by atoms with Crippen molar-refractivity contribution in [3.8, 4) is 0 Å². The number of amides is 1. The van der Waals surface area contributed by atoms with Gasteiger partial charge in [0.05, 0.1) is 37.1 Å². The molecule has 23 heavy (non-hydrogen) atoms. The number of hydrogen-bond acceptors (Lipinski definition) is 4. The van der Waals surface area contributed by atoms with Crippen molar-refractivity contribution in [1.29, 1.82) is 0 Å². The van der Waals surface area contributed by atoms with E-state index in [2.05, 4.69) is 17.2 Å². The normalized spacial score (nSPS) is 23.3. The van der Waals surface area contributed by atoms with Crippen LogP contribution in [0.5, 0.6) is 0 Å². The molecule has 6 heteroatoms. The summed E-state index contributed by atoms with van der Waals surface area (Å²) in [5.74, 6) is 0.166. The van der Waals surface area contributed by atoms with Gasteiger partial charge in [-0.2, -0.15) is 0 Å². The first-order valence-electron chi connectivity index (χ1n) is 8.05. The van der Waals surface area contributed by atoms with Gasteiger partial charge in [0.2, 0.25) is 5.91 Å². The molecule has 2 aliphatic rings. The van der Waals surface area contributed by atoms with Crippen molar-refractivity contribution in [2.75, 3.05) is 13.1 Å². The Balaban J connectivity index is 1.47. The molecule has 4 rings (SSSR count). The minimum absolute atomic E-state index is 0.0805. The Labute approximate surface area is 135 Å². The molecular weight excluding hydrogens is 292 g/mol. The van der Waals surface area contributed by atoms with Crippen molar-refractivity contribution in [3.05, 3.63) is 47.3 Å². The maximum absolute atomic E-state index is 12.6. The van der Waals surface area contributed by atoms with Crippen molar-refractivity contribution >= 4 is 5.91 Å². The smallest absolute Gasteiger partial charge is 0.227 e. The Morgan fingerprint density at radius 2 is 2.17 bits per heavy atom. The Hall–Kier alpha value is -2.21. The number of nitrogens with zero attached hydrogens (tertiary/aromatic N) is 4. The largest absolute Gasteiger partial charge is 0.370 e. The van der Waals surface area contributed by atoms with E-state index in [1.807, 2.05) is 33.8 Å². The van der Waals surface area contributed by atoms with Gasteiger partial charge in [0.25, 0.3) is 0 Å². The van der Waals surface area contributed by atoms with E-state index < -0.39 is 0 Å². The summed E-state index contributed by atoms with van der Waals surface area (Å²) in [5, 5.41) is 8.15. The highest BCUT2D eigenvalue weighted by Gasteiger charge is 2.37. The van der Waals surface area contributed by atoms with Gasteiger partial charge < -0.3 is 9.64 Å². The zero-order valence-corrected chi connectivity index (χ0v) is 13.2. The fourth-order valence-corrected chi connectivity index (χ4v) is 3.40. The molecule has 0 aliphatic carbocycles. The molecule has 2 atom stereocenters. The average Bonchev–Trinajstić information content (AvgIpc) is 3.05. The zero-order valence-electron chi connectivity index (χ0n) is 13.2. The molecule has 0 saturated carbocycles. The van der Waals surface area contributed by atoms with Gasteiger partial charge in [0, 0.05) is 13.1 Å². The van der Waals surface area contributed by atoms with E-state index in [-0.39, 0.29) is 18.1 Å². The van der Waals surface area contributed by atoms with Crippen LogP contribution in [0.25, 0.3) is 0 Å². The third-order valence-corrected chi connectivity index (χ3v) is 4.76. The zero-order chi connectivity index (χ0) is 15.8. The third-order valence-electron chi connectivity index (χ3n) is 4.76. The molecule has 0 N–H and O–H groups in total. The maximum atomic E-state index is 12.6. The first-order chi connectivity index (χ1) is 11.2. The van der Waals surface area contributed by atoms with Crippen LogP contribution in [0.4, 0.5) is 0 Å². The van der Waals surface area contributed by atoms with Crippen molar-refractivity contribution in [2.45, 2.75) is 38.5 Å². The van der Waals surface area contributed by atoms with Crippen LogP contribution in [0.15, 0.2) is 30.5 Å². The Morgan fingerprint density at radius 1 is 1.35 bits per heavy atom. The highest BCUT2D eigenvalue weighted by Crippen LogP contribution is 2.30. The number of aryl methyl sites for hydroxylation is 1. The number of likely N-dealkylation sites (tertiary alicyclic amines) is 1. The number of piperidine rings is 1. The molecule has 1 aromatic heterocycles. The van der Waals surface area contributed by atoms with E-state index in [0.29, 0.717) is 19.6 Å². The second-order valence-electron chi connectivity index (χ2n) is 6.38. The molecule has 0 bridgehead atoms. The molecule has 0 unspecified atom stereocenters. The lowest BCUT2D eigenvalue weighted by Crippen LogP contribution is -2.50. The van der Waals surface area contributed by atoms with Crippen LogP contribution in [-0.4, -0.2) is 45.0 Å². The number of carbonyl (C=O) groups excluding carboxylic acids is 1. The van der Waals surface area contributed by atoms with Crippen molar-refractivity contribution < 1.29 is 9.53 Å². The monoisotopic (exact) mass is 312 g/mol. The summed E-state index contributed by atoms with van der Waals surface area (Å²) in [7, 11) is 0. The molecule has 3 heterocycles. The number of hydrogen-bond donors (Lipinski definition) is 0. The molecule has 2 aliphatic heterocycles. The Bertz CT molecular complexity index is 710. The molecule has 120 valence electrons. The van der Waals surface area contributed by atoms with E-state index in [9.17, 15) is 4.79 Å². The molecule has 0 radical (unpaired) electrons. The molecule has 1 aromatic carbocycles. The molecule has 6 nitrogen and oxygen atoms in total. The highest BCUT2D eigenvalue weighted by atomic mass is 16.5. The molecule has 1 saturated heterocycles. The van der Waals surface area contributed by atoms with E-state index >= 15 is 0 Å². The number of fused-ring (bicyclic) bond motifs is 3. The van der Waals surface area contributed by atoms with Crippen LogP contribution in [0, 0.1) is 6.92 Å². The fourth-order valence-electron chi connectivity index (χ4n) is 3.40. The molecule has 2 aromatic rings. The minimum Gasteiger partial charge on any atom is -0.370 e. The van der Waals surface area contributed by atoms with Gasteiger partial charge in [-0.15, -0.1) is 5.10 Å². The summed E-state index contributed by atoms with van der Waals surface area (Å²) in [6, 6.07) is 8.23. The predicted octanol–water partition coefficient (Wildman–Crippen LogP) is 1.50. The molecule has 1 fully saturated rings. The Morgan fingerprint density at radius 3 is 3.00 bits per heavy atom. The summed E-state index contributed by atoms with van der Waals surface area (Å²) in [6.45, 7) is 4.00. The average molecular weight is 312 g/mol. The van der Waals surface area contributed by atoms with Gasteiger partial charge in [0.15, 0.2) is 0 Å². The SMILES string of the molecule is Cc1ccc(CC(=O)N2CC[C@H]3OCc4cnnn4[C@H]3C2)cc1. The number of rotatable bonds is 2. The van der Waals surface area contributed by atoms with Crippen LogP contribution >= 0.6 is 0 Å². The van der Waals surface area contributed by atoms with E-state index in [1.54, 1.807) is 6.20 Å². The van der Waals surface area contributed by atoms with Gasteiger partial charge in [-0.3, -0.25) is 4.79 Å². The summed E-state index contributed by atoms with van der Waals surface area (Å²) in [4.78, 5) is 14.5. The van der Waals surface area contributed by atoms with Crippen molar-refractivity contribution in [3.63, 3.8) is 0 Å². The number of aromatic nitrogens is 3. The van der Waals surface area contributed by atoms with Crippen LogP contribution in [0.3, 0.4) is 0 Å². The van der Waals surface area contributed by atoms with Crippen molar-refractivity contribution in [2.24, 2.45) is 0 Å². The molecular formula is C17H20N4O2. The van der Waals surface area contributed by atoms with Gasteiger partial charge >= 0.3 is 0 Å². The predicted molar refractivity (Wildman–Crippen MR) is 83.7 cm³/mol. The molecule has 0 spiro atoms. The third kappa shape index (κ3) is 2.74. The Kier molecular flexibility index (Phi) is 3.61. The van der Waals surface area contributed by atoms with Gasteiger partial charge in [-0.1, -0.05) is 35.0 Å². The summed E-state index contributed by atoms with van der Waals surface area (Å²) in [6.07, 6.45) is 3.17. The lowest BCUT2D eigenvalue weighted by molar-refractivity contribution is -0.137. The molecule has 1 amide bonds. The second kappa shape index (κ2) is 5.77. The quantitative estimate of drug-likeness (QED) is 0.843. The minimum atomic E-state index is 0.0805. The van der Waals surface area contributed by atoms with Gasteiger partial charge in [0.1, 0.15) is 0 Å². The van der Waals surface area contributed by atoms with Crippen LogP contribution in [0.1, 0.15) is 29.3 Å². The van der Waals surface area contributed by atoms with E-state index in [0.717, 1.165) is 24.2 Å². The standard InChI is InChI=1S/C17H20N4O2/c1-12-2-4-13(5-3-12)8-17(22)20-7-6-16-15(10-20)21-14(11-23-16)9-18-19-21/h2-5,9,15-16H,6-8,10-11H2,1H3/t15-,16+/m0/s1. The topological polar surface area (TPSA) is 60.3 Å². The first kappa shape index (κ1) is 14.4. The summed E-state index contributed by atoms with van der Waals surface area (Å²) in [5.41, 5.74) is 3.25. The van der Waals surface area contributed by atoms with E-state index in [1.165, 1.54) is 5.56 Å². The van der Waals surface area contributed by atoms with Crippen LogP contribution in [0.2, 0.25) is 0 Å². The maximum Gasteiger partial charge on any atom is 0.227 e. The first-order valence-corrected chi connectivity index (χ1v) is 8.05. The number of benzene rings is 1. The lowest BCUT2D eigenvalue weighted by Gasteiger charge is -2.41. The number of carbonyl (C=O) groups is 1. The van der Waals surface area contributed by atoms with Crippen LogP contribution in [-0.2, 0) is 22.6 Å². The second-order valence-corrected chi connectivity index (χ2v) is 6.38. The highest BCUT2D eigenvalue weighted by molar-refractivity contribution is 5.79. The lowest BCUT2D eigenvalue weighted by atomic mass is 9.99. The van der Waals surface area contributed by atoms with Gasteiger partial charge in [-0.25, -0.2) is 4.68 Å². The van der Waals surface area contributed by atoms with E-state index in [4.69, 9.17) is 4.74 Å². The van der Waals surface area contributed by atoms with Gasteiger partial charge in [-0.05, 0) is 18.9 Å².